The maximum Gasteiger partial charge on any atom is 0.219 e. The van der Waals surface area contributed by atoms with E-state index in [4.69, 9.17) is 24.7 Å². The maximum absolute atomic E-state index is 12.9. The SMILES string of the molecule is COc1ccc(C23Oc4cc(OC)cc(OC)c4C2(O)C(O)C(c2nnc(N)[nH]2)C3c2ccccc2)cc1. The van der Waals surface area contributed by atoms with Crippen LogP contribution in [0.3, 0.4) is 0 Å². The molecule has 1 saturated carbocycles. The number of rotatable bonds is 6. The summed E-state index contributed by atoms with van der Waals surface area (Å²) in [6.45, 7) is 0. The van der Waals surface area contributed by atoms with Gasteiger partial charge in [-0.15, -0.1) is 10.2 Å². The third-order valence-corrected chi connectivity index (χ3v) is 7.79. The number of nitrogens with zero attached hydrogens (tertiary/aromatic N) is 2. The minimum Gasteiger partial charge on any atom is -0.497 e. The third kappa shape index (κ3) is 3.07. The molecule has 10 heteroatoms. The Hall–Kier alpha value is -4.28. The zero-order valence-corrected chi connectivity index (χ0v) is 21.1. The molecular weight excluding hydrogens is 488 g/mol. The molecule has 3 aromatic carbocycles. The Labute approximate surface area is 219 Å². The lowest BCUT2D eigenvalue weighted by Crippen LogP contribution is -2.52. The van der Waals surface area contributed by atoms with E-state index in [1.165, 1.54) is 14.2 Å². The molecule has 5 atom stereocenters. The van der Waals surface area contributed by atoms with Gasteiger partial charge in [-0.25, -0.2) is 0 Å². The van der Waals surface area contributed by atoms with Crippen LogP contribution in [-0.2, 0) is 11.2 Å². The Morgan fingerprint density at radius 1 is 0.921 bits per heavy atom. The number of nitrogen functional groups attached to an aromatic ring is 1. The predicted molar refractivity (Wildman–Crippen MR) is 137 cm³/mol. The average Bonchev–Trinajstić information content (AvgIpc) is 3.55. The zero-order valence-electron chi connectivity index (χ0n) is 21.1. The number of fused-ring (bicyclic) bond motifs is 3. The van der Waals surface area contributed by atoms with Crippen LogP contribution in [0.25, 0.3) is 0 Å². The molecule has 196 valence electrons. The van der Waals surface area contributed by atoms with Gasteiger partial charge in [0, 0.05) is 18.1 Å². The molecule has 0 radical (unpaired) electrons. The minimum atomic E-state index is -1.98. The summed E-state index contributed by atoms with van der Waals surface area (Å²) in [7, 11) is 4.62. The van der Waals surface area contributed by atoms with Crippen molar-refractivity contribution in [1.82, 2.24) is 15.2 Å². The second-order valence-electron chi connectivity index (χ2n) is 9.49. The van der Waals surface area contributed by atoms with Crippen molar-refractivity contribution in [2.75, 3.05) is 27.1 Å². The van der Waals surface area contributed by atoms with Gasteiger partial charge in [-0.05, 0) is 23.3 Å². The molecule has 0 saturated heterocycles. The van der Waals surface area contributed by atoms with E-state index in [1.807, 2.05) is 42.5 Å². The quantitative estimate of drug-likeness (QED) is 0.304. The summed E-state index contributed by atoms with van der Waals surface area (Å²) in [5.74, 6) is 0.789. The summed E-state index contributed by atoms with van der Waals surface area (Å²) in [5, 5.41) is 33.2. The standard InChI is InChI=1S/C28H28N4O6/c1-35-17-11-9-16(10-12-17)28-22(15-7-5-4-6-8-15)21(25-30-26(29)32-31-25)24(33)27(28,34)23-19(37-3)13-18(36-2)14-20(23)38-28/h4-14,21-22,24,33-34H,1-3H3,(H3,29,30,31,32). The van der Waals surface area contributed by atoms with Gasteiger partial charge in [0.2, 0.25) is 5.95 Å². The number of nitrogens with one attached hydrogen (secondary N) is 1. The molecule has 5 unspecified atom stereocenters. The Balaban J connectivity index is 1.71. The Bertz CT molecular complexity index is 1480. The van der Waals surface area contributed by atoms with Gasteiger partial charge < -0.3 is 39.9 Å². The van der Waals surface area contributed by atoms with Gasteiger partial charge in [0.05, 0.1) is 32.8 Å². The number of aromatic amines is 1. The van der Waals surface area contributed by atoms with Crippen molar-refractivity contribution in [3.8, 4) is 23.0 Å². The highest BCUT2D eigenvalue weighted by atomic mass is 16.5. The van der Waals surface area contributed by atoms with E-state index in [0.717, 1.165) is 5.56 Å². The Kier molecular flexibility index (Phi) is 5.48. The fraction of sp³-hybridized carbons (Fsp3) is 0.286. The van der Waals surface area contributed by atoms with Crippen molar-refractivity contribution < 1.29 is 29.2 Å². The number of benzene rings is 3. The fourth-order valence-electron chi connectivity index (χ4n) is 6.25. The lowest BCUT2D eigenvalue weighted by Gasteiger charge is -2.40. The summed E-state index contributed by atoms with van der Waals surface area (Å²) in [4.78, 5) is 2.97. The van der Waals surface area contributed by atoms with Gasteiger partial charge in [0.1, 0.15) is 34.9 Å². The van der Waals surface area contributed by atoms with Crippen molar-refractivity contribution >= 4 is 5.95 Å². The van der Waals surface area contributed by atoms with Crippen LogP contribution in [0.2, 0.25) is 0 Å². The molecule has 1 fully saturated rings. The molecule has 1 aliphatic carbocycles. The highest BCUT2D eigenvalue weighted by molar-refractivity contribution is 5.63. The number of hydrogen-bond donors (Lipinski definition) is 4. The number of aromatic nitrogens is 3. The number of hydrogen-bond acceptors (Lipinski definition) is 9. The summed E-state index contributed by atoms with van der Waals surface area (Å²) in [6, 6.07) is 20.2. The van der Waals surface area contributed by atoms with Crippen LogP contribution in [0.1, 0.15) is 34.4 Å². The molecule has 1 aromatic heterocycles. The van der Waals surface area contributed by atoms with Crippen LogP contribution in [0, 0.1) is 0 Å². The molecule has 2 heterocycles. The van der Waals surface area contributed by atoms with Crippen LogP contribution < -0.4 is 24.7 Å². The highest BCUT2D eigenvalue weighted by Crippen LogP contribution is 2.71. The molecule has 0 bridgehead atoms. The zero-order chi connectivity index (χ0) is 26.7. The van der Waals surface area contributed by atoms with Crippen LogP contribution in [0.15, 0.2) is 66.7 Å². The molecule has 0 amide bonds. The van der Waals surface area contributed by atoms with E-state index < -0.39 is 29.1 Å². The van der Waals surface area contributed by atoms with Gasteiger partial charge in [-0.2, -0.15) is 0 Å². The van der Waals surface area contributed by atoms with Crippen molar-refractivity contribution in [2.45, 2.75) is 29.1 Å². The Morgan fingerprint density at radius 2 is 1.63 bits per heavy atom. The van der Waals surface area contributed by atoms with Crippen LogP contribution in [-0.4, -0.2) is 52.8 Å². The van der Waals surface area contributed by atoms with E-state index in [-0.39, 0.29) is 5.95 Å². The second-order valence-corrected chi connectivity index (χ2v) is 9.49. The van der Waals surface area contributed by atoms with E-state index in [0.29, 0.717) is 39.9 Å². The number of aliphatic hydroxyl groups excluding tert-OH is 1. The summed E-state index contributed by atoms with van der Waals surface area (Å²) in [5.41, 5.74) is 4.16. The maximum atomic E-state index is 12.9. The lowest BCUT2D eigenvalue weighted by atomic mass is 9.70. The molecule has 2 aliphatic rings. The van der Waals surface area contributed by atoms with Gasteiger partial charge in [0.15, 0.2) is 11.2 Å². The van der Waals surface area contributed by atoms with Gasteiger partial charge in [0.25, 0.3) is 0 Å². The van der Waals surface area contributed by atoms with Crippen LogP contribution in [0.5, 0.6) is 23.0 Å². The van der Waals surface area contributed by atoms with E-state index in [1.54, 1.807) is 31.4 Å². The first-order chi connectivity index (χ1) is 18.4. The molecule has 0 spiro atoms. The van der Waals surface area contributed by atoms with E-state index in [9.17, 15) is 10.2 Å². The Morgan fingerprint density at radius 3 is 2.24 bits per heavy atom. The van der Waals surface area contributed by atoms with E-state index in [2.05, 4.69) is 15.2 Å². The van der Waals surface area contributed by atoms with Gasteiger partial charge in [-0.3, -0.25) is 0 Å². The monoisotopic (exact) mass is 516 g/mol. The normalized spacial score (nSPS) is 27.3. The summed E-state index contributed by atoms with van der Waals surface area (Å²) < 4.78 is 23.4. The molecule has 38 heavy (non-hydrogen) atoms. The van der Waals surface area contributed by atoms with Crippen molar-refractivity contribution in [2.24, 2.45) is 0 Å². The number of ether oxygens (including phenoxy) is 4. The van der Waals surface area contributed by atoms with Gasteiger partial charge >= 0.3 is 0 Å². The van der Waals surface area contributed by atoms with Crippen LogP contribution in [0.4, 0.5) is 5.95 Å². The van der Waals surface area contributed by atoms with E-state index >= 15 is 0 Å². The number of nitrogens with two attached hydrogens (primary N) is 1. The first-order valence-corrected chi connectivity index (χ1v) is 12.1. The highest BCUT2D eigenvalue weighted by Gasteiger charge is 2.77. The lowest BCUT2D eigenvalue weighted by molar-refractivity contribution is -0.150. The smallest absolute Gasteiger partial charge is 0.219 e. The molecule has 10 nitrogen and oxygen atoms in total. The molecule has 6 rings (SSSR count). The number of anilines is 1. The van der Waals surface area contributed by atoms with Crippen molar-refractivity contribution in [3.63, 3.8) is 0 Å². The second kappa shape index (κ2) is 8.64. The topological polar surface area (TPSA) is 145 Å². The summed E-state index contributed by atoms with van der Waals surface area (Å²) >= 11 is 0. The van der Waals surface area contributed by atoms with Crippen LogP contribution >= 0.6 is 0 Å². The number of methoxy groups -OCH3 is 3. The minimum absolute atomic E-state index is 0.102. The predicted octanol–water partition coefficient (Wildman–Crippen LogP) is 2.83. The fourth-order valence-corrected chi connectivity index (χ4v) is 6.25. The molecule has 1 aliphatic heterocycles. The molecule has 4 aromatic rings. The third-order valence-electron chi connectivity index (χ3n) is 7.79. The van der Waals surface area contributed by atoms with Crippen molar-refractivity contribution in [1.29, 1.82) is 0 Å². The molecular formula is C28H28N4O6. The first kappa shape index (κ1) is 24.1. The largest absolute Gasteiger partial charge is 0.497 e. The number of aliphatic hydroxyl groups is 2. The number of H-pyrrole nitrogens is 1. The summed E-state index contributed by atoms with van der Waals surface area (Å²) in [6.07, 6.45) is -1.41. The average molecular weight is 517 g/mol. The molecule has 5 N–H and O–H groups in total. The first-order valence-electron chi connectivity index (χ1n) is 12.1. The van der Waals surface area contributed by atoms with Gasteiger partial charge in [-0.1, -0.05) is 42.5 Å². The van der Waals surface area contributed by atoms with Crippen molar-refractivity contribution in [3.05, 3.63) is 89.2 Å².